The fourth-order valence-corrected chi connectivity index (χ4v) is 2.19. The molecular formula is C14H19FO. The van der Waals surface area contributed by atoms with Gasteiger partial charge >= 0.3 is 0 Å². The number of benzene rings is 1. The topological polar surface area (TPSA) is 20.2 Å². The van der Waals surface area contributed by atoms with Crippen LogP contribution in [0, 0.1) is 11.7 Å². The van der Waals surface area contributed by atoms with E-state index in [0.29, 0.717) is 18.4 Å². The summed E-state index contributed by atoms with van der Waals surface area (Å²) in [7, 11) is 0. The second kappa shape index (κ2) is 4.54. The predicted molar refractivity (Wildman–Crippen MR) is 62.5 cm³/mol. The first-order chi connectivity index (χ1) is 7.65. The largest absolute Gasteiger partial charge is 0.385 e. The monoisotopic (exact) mass is 222 g/mol. The van der Waals surface area contributed by atoms with Crippen LogP contribution in [0.5, 0.6) is 0 Å². The molecule has 1 aliphatic rings. The van der Waals surface area contributed by atoms with E-state index in [1.54, 1.807) is 18.2 Å². The zero-order chi connectivity index (χ0) is 11.6. The molecule has 0 aromatic heterocycles. The minimum absolute atomic E-state index is 0.289. The van der Waals surface area contributed by atoms with Crippen molar-refractivity contribution in [2.24, 2.45) is 5.92 Å². The van der Waals surface area contributed by atoms with E-state index in [-0.39, 0.29) is 5.82 Å². The molecule has 1 aromatic rings. The molecule has 88 valence electrons. The van der Waals surface area contributed by atoms with Crippen LogP contribution in [0.4, 0.5) is 4.39 Å². The molecule has 0 saturated heterocycles. The average Bonchev–Trinajstić information content (AvgIpc) is 3.10. The smallest absolute Gasteiger partial charge is 0.129 e. The maximum Gasteiger partial charge on any atom is 0.129 e. The number of hydrogen-bond donors (Lipinski definition) is 1. The zero-order valence-corrected chi connectivity index (χ0v) is 9.75. The maximum atomic E-state index is 13.7. The Bertz CT molecular complexity index is 360. The van der Waals surface area contributed by atoms with E-state index in [0.717, 1.165) is 12.3 Å². The number of halogens is 1. The molecule has 1 aliphatic carbocycles. The Labute approximate surface area is 96.3 Å². The Morgan fingerprint density at radius 2 is 2.06 bits per heavy atom. The molecule has 1 fully saturated rings. The molecule has 0 heterocycles. The summed E-state index contributed by atoms with van der Waals surface area (Å²) in [5, 5.41) is 10.5. The maximum absolute atomic E-state index is 13.7. The predicted octanol–water partition coefficient (Wildman–Crippen LogP) is 3.61. The van der Waals surface area contributed by atoms with Crippen molar-refractivity contribution in [1.82, 2.24) is 0 Å². The molecule has 2 heteroatoms. The zero-order valence-electron chi connectivity index (χ0n) is 9.75. The van der Waals surface area contributed by atoms with E-state index >= 15 is 0 Å². The van der Waals surface area contributed by atoms with Crippen LogP contribution >= 0.6 is 0 Å². The molecule has 0 amide bonds. The summed E-state index contributed by atoms with van der Waals surface area (Å²) in [5.41, 5.74) is -0.522. The Balaban J connectivity index is 2.15. The number of rotatable bonds is 5. The highest BCUT2D eigenvalue weighted by atomic mass is 19.1. The summed E-state index contributed by atoms with van der Waals surface area (Å²) < 4.78 is 13.7. The molecule has 1 atom stereocenters. The van der Waals surface area contributed by atoms with E-state index in [2.05, 4.69) is 0 Å². The Morgan fingerprint density at radius 3 is 2.62 bits per heavy atom. The lowest BCUT2D eigenvalue weighted by Gasteiger charge is -2.27. The van der Waals surface area contributed by atoms with Crippen LogP contribution in [-0.2, 0) is 5.60 Å². The van der Waals surface area contributed by atoms with Crippen LogP contribution in [0.25, 0.3) is 0 Å². The Hall–Kier alpha value is -0.890. The van der Waals surface area contributed by atoms with Crippen molar-refractivity contribution in [3.8, 4) is 0 Å². The minimum atomic E-state index is -0.978. The number of aliphatic hydroxyl groups is 1. The second-order valence-corrected chi connectivity index (χ2v) is 4.85. The van der Waals surface area contributed by atoms with E-state index in [1.807, 2.05) is 6.92 Å². The van der Waals surface area contributed by atoms with E-state index in [4.69, 9.17) is 0 Å². The molecule has 0 spiro atoms. The van der Waals surface area contributed by atoms with Crippen molar-refractivity contribution in [3.63, 3.8) is 0 Å². The van der Waals surface area contributed by atoms with Gasteiger partial charge in [-0.25, -0.2) is 4.39 Å². The van der Waals surface area contributed by atoms with Gasteiger partial charge in [-0.1, -0.05) is 38.0 Å². The van der Waals surface area contributed by atoms with E-state index in [1.165, 1.54) is 18.9 Å². The molecule has 1 unspecified atom stereocenters. The molecule has 16 heavy (non-hydrogen) atoms. The molecular weight excluding hydrogens is 203 g/mol. The lowest BCUT2D eigenvalue weighted by atomic mass is 9.85. The van der Waals surface area contributed by atoms with E-state index in [9.17, 15) is 9.50 Å². The molecule has 1 nitrogen and oxygen atoms in total. The first-order valence-electron chi connectivity index (χ1n) is 6.13. The van der Waals surface area contributed by atoms with Crippen molar-refractivity contribution < 1.29 is 9.50 Å². The fraction of sp³-hybridized carbons (Fsp3) is 0.571. The van der Waals surface area contributed by atoms with Crippen LogP contribution in [0.2, 0.25) is 0 Å². The van der Waals surface area contributed by atoms with Crippen LogP contribution in [0.3, 0.4) is 0 Å². The van der Waals surface area contributed by atoms with Gasteiger partial charge in [0, 0.05) is 5.56 Å². The molecule has 1 saturated carbocycles. The van der Waals surface area contributed by atoms with Gasteiger partial charge < -0.3 is 5.11 Å². The van der Waals surface area contributed by atoms with Crippen molar-refractivity contribution in [1.29, 1.82) is 0 Å². The SMILES string of the molecule is CCC(O)(CCC1CC1)c1ccccc1F. The summed E-state index contributed by atoms with van der Waals surface area (Å²) in [6.07, 6.45) is 4.81. The van der Waals surface area contributed by atoms with Crippen LogP contribution < -0.4 is 0 Å². The third-order valence-electron chi connectivity index (χ3n) is 3.62. The summed E-state index contributed by atoms with van der Waals surface area (Å²) in [6, 6.07) is 6.57. The van der Waals surface area contributed by atoms with Gasteiger partial charge in [-0.05, 0) is 31.2 Å². The summed E-state index contributed by atoms with van der Waals surface area (Å²) in [5.74, 6) is 0.479. The molecule has 1 aromatic carbocycles. The minimum Gasteiger partial charge on any atom is -0.385 e. The van der Waals surface area contributed by atoms with Gasteiger partial charge in [0.05, 0.1) is 5.60 Å². The van der Waals surface area contributed by atoms with Crippen LogP contribution in [-0.4, -0.2) is 5.11 Å². The highest BCUT2D eigenvalue weighted by molar-refractivity contribution is 5.24. The first kappa shape index (κ1) is 11.6. The van der Waals surface area contributed by atoms with Gasteiger partial charge in [0.15, 0.2) is 0 Å². The van der Waals surface area contributed by atoms with Crippen molar-refractivity contribution >= 4 is 0 Å². The summed E-state index contributed by atoms with van der Waals surface area (Å²) in [6.45, 7) is 1.92. The molecule has 0 radical (unpaired) electrons. The average molecular weight is 222 g/mol. The normalized spacial score (nSPS) is 19.4. The van der Waals surface area contributed by atoms with Gasteiger partial charge in [-0.3, -0.25) is 0 Å². The molecule has 0 aliphatic heterocycles. The summed E-state index contributed by atoms with van der Waals surface area (Å²) in [4.78, 5) is 0. The van der Waals surface area contributed by atoms with E-state index < -0.39 is 5.60 Å². The molecule has 1 N–H and O–H groups in total. The first-order valence-corrected chi connectivity index (χ1v) is 6.13. The Kier molecular flexibility index (Phi) is 3.29. The van der Waals surface area contributed by atoms with Gasteiger partial charge in [-0.2, -0.15) is 0 Å². The highest BCUT2D eigenvalue weighted by Crippen LogP contribution is 2.39. The lowest BCUT2D eigenvalue weighted by molar-refractivity contribution is 0.0165. The van der Waals surface area contributed by atoms with Gasteiger partial charge in [0.1, 0.15) is 5.82 Å². The van der Waals surface area contributed by atoms with Crippen molar-refractivity contribution in [2.75, 3.05) is 0 Å². The van der Waals surface area contributed by atoms with Crippen LogP contribution in [0.15, 0.2) is 24.3 Å². The van der Waals surface area contributed by atoms with Gasteiger partial charge in [0.2, 0.25) is 0 Å². The lowest BCUT2D eigenvalue weighted by Crippen LogP contribution is -2.26. The summed E-state index contributed by atoms with van der Waals surface area (Å²) >= 11 is 0. The van der Waals surface area contributed by atoms with Crippen LogP contribution in [0.1, 0.15) is 44.6 Å². The fourth-order valence-electron chi connectivity index (χ4n) is 2.19. The molecule has 0 bridgehead atoms. The third kappa shape index (κ3) is 2.43. The quantitative estimate of drug-likeness (QED) is 0.806. The van der Waals surface area contributed by atoms with Crippen molar-refractivity contribution in [3.05, 3.63) is 35.6 Å². The number of hydrogen-bond acceptors (Lipinski definition) is 1. The van der Waals surface area contributed by atoms with Crippen molar-refractivity contribution in [2.45, 2.75) is 44.6 Å². The standard InChI is InChI=1S/C14H19FO/c1-2-14(16,10-9-11-7-8-11)12-5-3-4-6-13(12)15/h3-6,11,16H,2,7-10H2,1H3. The highest BCUT2D eigenvalue weighted by Gasteiger charge is 2.32. The molecule has 2 rings (SSSR count). The Morgan fingerprint density at radius 1 is 1.38 bits per heavy atom. The third-order valence-corrected chi connectivity index (χ3v) is 3.62. The van der Waals surface area contributed by atoms with Gasteiger partial charge in [0.25, 0.3) is 0 Å². The second-order valence-electron chi connectivity index (χ2n) is 4.85. The van der Waals surface area contributed by atoms with Gasteiger partial charge in [-0.15, -0.1) is 0 Å².